The first kappa shape index (κ1) is 15.0. The number of para-hydroxylation sites is 1. The van der Waals surface area contributed by atoms with E-state index in [1.54, 1.807) is 24.4 Å². The van der Waals surface area contributed by atoms with Crippen molar-refractivity contribution in [1.29, 1.82) is 0 Å². The van der Waals surface area contributed by atoms with E-state index in [1.807, 2.05) is 24.3 Å². The number of hydrogen-bond acceptors (Lipinski definition) is 5. The summed E-state index contributed by atoms with van der Waals surface area (Å²) in [6, 6.07) is 15.4. The molecule has 0 aliphatic heterocycles. The number of hydrogen-bond donors (Lipinski definition) is 2. The highest BCUT2D eigenvalue weighted by Crippen LogP contribution is 2.30. The predicted molar refractivity (Wildman–Crippen MR) is 91.0 cm³/mol. The number of aromatic hydroxyl groups is 1. The maximum Gasteiger partial charge on any atom is 0.299 e. The van der Waals surface area contributed by atoms with E-state index in [2.05, 4.69) is 10.3 Å². The number of rotatable bonds is 4. The van der Waals surface area contributed by atoms with Crippen molar-refractivity contribution >= 4 is 11.7 Å². The Balaban J connectivity index is 1.61. The lowest BCUT2D eigenvalue weighted by molar-refractivity contribution is 0.459. The van der Waals surface area contributed by atoms with Gasteiger partial charge in [0.15, 0.2) is 11.5 Å². The first-order valence-corrected chi connectivity index (χ1v) is 7.55. The van der Waals surface area contributed by atoms with Crippen molar-refractivity contribution in [2.24, 2.45) is 0 Å². The quantitative estimate of drug-likeness (QED) is 0.536. The average Bonchev–Trinajstić information content (AvgIpc) is 3.26. The van der Waals surface area contributed by atoms with E-state index < -0.39 is 0 Å². The highest BCUT2D eigenvalue weighted by molar-refractivity contribution is 5.69. The summed E-state index contributed by atoms with van der Waals surface area (Å²) in [4.78, 5) is 4.13. The lowest BCUT2D eigenvalue weighted by atomic mass is 10.1. The van der Waals surface area contributed by atoms with Crippen LogP contribution in [0.2, 0.25) is 0 Å². The molecular formula is C19H13FN2O3. The third-order valence-electron chi connectivity index (χ3n) is 3.64. The molecule has 0 spiro atoms. The fraction of sp³-hybridized carbons (Fsp3) is 0. The number of benzene rings is 2. The molecule has 5 nitrogen and oxygen atoms in total. The van der Waals surface area contributed by atoms with Crippen molar-refractivity contribution in [2.75, 3.05) is 5.32 Å². The van der Waals surface area contributed by atoms with Gasteiger partial charge in [0.1, 0.15) is 17.8 Å². The molecule has 0 amide bonds. The highest BCUT2D eigenvalue weighted by Gasteiger charge is 2.11. The zero-order chi connectivity index (χ0) is 17.2. The first-order chi connectivity index (χ1) is 12.2. The fourth-order valence-corrected chi connectivity index (χ4v) is 2.45. The maximum absolute atomic E-state index is 13.7. The number of oxazole rings is 1. The van der Waals surface area contributed by atoms with Crippen molar-refractivity contribution in [3.63, 3.8) is 0 Å². The van der Waals surface area contributed by atoms with E-state index >= 15 is 0 Å². The third-order valence-corrected chi connectivity index (χ3v) is 3.64. The van der Waals surface area contributed by atoms with Gasteiger partial charge in [-0.25, -0.2) is 9.37 Å². The van der Waals surface area contributed by atoms with Crippen molar-refractivity contribution < 1.29 is 18.3 Å². The van der Waals surface area contributed by atoms with Gasteiger partial charge < -0.3 is 19.3 Å². The number of nitrogens with one attached hydrogen (secondary N) is 1. The van der Waals surface area contributed by atoms with Crippen LogP contribution < -0.4 is 5.32 Å². The predicted octanol–water partition coefficient (Wildman–Crippen LogP) is 5.19. The van der Waals surface area contributed by atoms with Gasteiger partial charge in [-0.15, -0.1) is 0 Å². The van der Waals surface area contributed by atoms with E-state index in [1.165, 1.54) is 18.4 Å². The number of anilines is 2. The van der Waals surface area contributed by atoms with Crippen LogP contribution in [0.15, 0.2) is 75.9 Å². The fourth-order valence-electron chi connectivity index (χ4n) is 2.45. The Hall–Kier alpha value is -3.54. The van der Waals surface area contributed by atoms with Gasteiger partial charge in [0, 0.05) is 17.2 Å². The van der Waals surface area contributed by atoms with Crippen LogP contribution in [0.25, 0.3) is 22.6 Å². The van der Waals surface area contributed by atoms with E-state index in [-0.39, 0.29) is 23.3 Å². The topological polar surface area (TPSA) is 71.4 Å². The smallest absolute Gasteiger partial charge is 0.299 e. The second-order valence-corrected chi connectivity index (χ2v) is 5.38. The van der Waals surface area contributed by atoms with Gasteiger partial charge >= 0.3 is 0 Å². The largest absolute Gasteiger partial charge is 0.505 e. The van der Waals surface area contributed by atoms with Crippen LogP contribution in [0, 0.1) is 5.82 Å². The molecule has 0 saturated carbocycles. The molecule has 25 heavy (non-hydrogen) atoms. The van der Waals surface area contributed by atoms with Gasteiger partial charge in [-0.1, -0.05) is 30.3 Å². The van der Waals surface area contributed by atoms with Crippen molar-refractivity contribution in [3.8, 4) is 28.4 Å². The molecule has 0 radical (unpaired) electrons. The molecule has 0 fully saturated rings. The van der Waals surface area contributed by atoms with Gasteiger partial charge in [0.2, 0.25) is 0 Å². The molecule has 4 aromatic rings. The lowest BCUT2D eigenvalue weighted by Gasteiger charge is -2.03. The van der Waals surface area contributed by atoms with Gasteiger partial charge in [0.25, 0.3) is 6.01 Å². The molecule has 2 aromatic carbocycles. The number of aromatic nitrogens is 1. The summed E-state index contributed by atoms with van der Waals surface area (Å²) in [5.41, 5.74) is 1.86. The van der Waals surface area contributed by atoms with Gasteiger partial charge in [-0.05, 0) is 18.2 Å². The number of halogens is 1. The van der Waals surface area contributed by atoms with E-state index in [9.17, 15) is 9.50 Å². The second-order valence-electron chi connectivity index (χ2n) is 5.38. The molecule has 4 rings (SSSR count). The van der Waals surface area contributed by atoms with E-state index in [0.717, 1.165) is 11.1 Å². The first-order valence-electron chi connectivity index (χ1n) is 7.55. The summed E-state index contributed by atoms with van der Waals surface area (Å²) in [6.45, 7) is 0. The second kappa shape index (κ2) is 6.16. The van der Waals surface area contributed by atoms with E-state index in [0.29, 0.717) is 11.5 Å². The molecule has 0 bridgehead atoms. The summed E-state index contributed by atoms with van der Waals surface area (Å²) < 4.78 is 24.6. The SMILES string of the molecule is Oc1coc(-c2cccc(-c3cnc(Nc4ccccc4F)o3)c2)c1. The zero-order valence-electron chi connectivity index (χ0n) is 12.9. The lowest BCUT2D eigenvalue weighted by Crippen LogP contribution is -1.92. The minimum atomic E-state index is -0.387. The van der Waals surface area contributed by atoms with Crippen LogP contribution in [0.5, 0.6) is 5.75 Å². The van der Waals surface area contributed by atoms with Gasteiger partial charge in [-0.2, -0.15) is 0 Å². The highest BCUT2D eigenvalue weighted by atomic mass is 19.1. The summed E-state index contributed by atoms with van der Waals surface area (Å²) in [6.07, 6.45) is 2.83. The van der Waals surface area contributed by atoms with Crippen LogP contribution in [0.1, 0.15) is 0 Å². The Morgan fingerprint density at radius 2 is 1.76 bits per heavy atom. The van der Waals surface area contributed by atoms with E-state index in [4.69, 9.17) is 8.83 Å². The van der Waals surface area contributed by atoms with Crippen LogP contribution in [-0.4, -0.2) is 10.1 Å². The minimum absolute atomic E-state index is 0.0662. The molecule has 2 aromatic heterocycles. The van der Waals surface area contributed by atoms with Crippen LogP contribution in [-0.2, 0) is 0 Å². The van der Waals surface area contributed by atoms with Crippen molar-refractivity contribution in [1.82, 2.24) is 4.98 Å². The monoisotopic (exact) mass is 336 g/mol. The Labute approximate surface area is 142 Å². The Morgan fingerprint density at radius 1 is 0.960 bits per heavy atom. The number of furan rings is 1. The van der Waals surface area contributed by atoms with Gasteiger partial charge in [0.05, 0.1) is 11.9 Å². The van der Waals surface area contributed by atoms with Crippen molar-refractivity contribution in [3.05, 3.63) is 72.9 Å². The average molecular weight is 336 g/mol. The molecule has 0 aliphatic carbocycles. The minimum Gasteiger partial charge on any atom is -0.505 e. The zero-order valence-corrected chi connectivity index (χ0v) is 12.9. The van der Waals surface area contributed by atoms with Crippen LogP contribution >= 0.6 is 0 Å². The molecule has 124 valence electrons. The molecule has 2 N–H and O–H groups in total. The Kier molecular flexibility index (Phi) is 3.70. The Bertz CT molecular complexity index is 1020. The molecule has 6 heteroatoms. The molecule has 2 heterocycles. The summed E-state index contributed by atoms with van der Waals surface area (Å²) in [5, 5.41) is 12.2. The summed E-state index contributed by atoms with van der Waals surface area (Å²) in [5.74, 6) is 0.748. The van der Waals surface area contributed by atoms with Crippen LogP contribution in [0.3, 0.4) is 0 Å². The van der Waals surface area contributed by atoms with Crippen LogP contribution in [0.4, 0.5) is 16.1 Å². The molecule has 0 unspecified atom stereocenters. The van der Waals surface area contributed by atoms with Crippen molar-refractivity contribution in [2.45, 2.75) is 0 Å². The van der Waals surface area contributed by atoms with Gasteiger partial charge in [-0.3, -0.25) is 0 Å². The molecule has 0 atom stereocenters. The summed E-state index contributed by atoms with van der Waals surface area (Å²) >= 11 is 0. The molecular weight excluding hydrogens is 323 g/mol. The Morgan fingerprint density at radius 3 is 2.52 bits per heavy atom. The normalized spacial score (nSPS) is 10.8. The maximum atomic E-state index is 13.7. The summed E-state index contributed by atoms with van der Waals surface area (Å²) in [7, 11) is 0. The third kappa shape index (κ3) is 3.10. The standard InChI is InChI=1S/C19H13FN2O3/c20-15-6-1-2-7-16(15)22-19-21-10-18(25-19)13-5-3-4-12(8-13)17-9-14(23)11-24-17/h1-11,23H,(H,21,22). The number of nitrogens with zero attached hydrogens (tertiary/aromatic N) is 1. The molecule has 0 aliphatic rings. The molecule has 0 saturated heterocycles.